The van der Waals surface area contributed by atoms with Crippen LogP contribution in [0.15, 0.2) is 0 Å². The van der Waals surface area contributed by atoms with Gasteiger partial charge in [0.15, 0.2) is 6.29 Å². The number of hydrogen-bond acceptors (Lipinski definition) is 4. The monoisotopic (exact) mass is 243 g/mol. The van der Waals surface area contributed by atoms with Crippen LogP contribution in [-0.2, 0) is 9.53 Å². The van der Waals surface area contributed by atoms with Crippen LogP contribution in [0, 0.1) is 0 Å². The highest BCUT2D eigenvalue weighted by Crippen LogP contribution is 2.21. The Morgan fingerprint density at radius 2 is 2.00 bits per heavy atom. The summed E-state index contributed by atoms with van der Waals surface area (Å²) >= 11 is 0. The van der Waals surface area contributed by atoms with E-state index in [0.717, 1.165) is 0 Å². The number of hydrogen-bond donors (Lipinski definition) is 3. The van der Waals surface area contributed by atoms with Crippen LogP contribution in [0.3, 0.4) is 0 Å². The summed E-state index contributed by atoms with van der Waals surface area (Å²) in [6.07, 6.45) is -8.71. The summed E-state index contributed by atoms with van der Waals surface area (Å²) in [6.45, 7) is 1.39. The van der Waals surface area contributed by atoms with Gasteiger partial charge in [-0.1, -0.05) is 0 Å². The van der Waals surface area contributed by atoms with Crippen LogP contribution in [0.1, 0.15) is 13.3 Å². The van der Waals surface area contributed by atoms with Crippen LogP contribution in [-0.4, -0.2) is 46.8 Å². The Kier molecular flexibility index (Phi) is 3.76. The second kappa shape index (κ2) is 4.56. The van der Waals surface area contributed by atoms with Gasteiger partial charge in [0, 0.05) is 6.42 Å². The number of carbonyl (C=O) groups is 1. The number of amides is 1. The van der Waals surface area contributed by atoms with E-state index in [4.69, 9.17) is 9.84 Å². The van der Waals surface area contributed by atoms with Crippen LogP contribution in [0.4, 0.5) is 13.2 Å². The van der Waals surface area contributed by atoms with E-state index in [2.05, 4.69) is 0 Å². The minimum absolute atomic E-state index is 0.284. The first-order valence-corrected chi connectivity index (χ1v) is 4.61. The zero-order valence-electron chi connectivity index (χ0n) is 8.36. The molecule has 0 unspecified atom stereocenters. The summed E-state index contributed by atoms with van der Waals surface area (Å²) < 4.78 is 40.6. The average molecular weight is 243 g/mol. The fraction of sp³-hybridized carbons (Fsp3) is 0.875. The molecule has 1 rings (SSSR count). The Labute approximate surface area is 89.2 Å². The molecule has 1 aliphatic rings. The van der Waals surface area contributed by atoms with E-state index in [-0.39, 0.29) is 6.42 Å². The highest BCUT2D eigenvalue weighted by Gasteiger charge is 2.43. The van der Waals surface area contributed by atoms with Crippen molar-refractivity contribution in [1.82, 2.24) is 5.32 Å². The minimum Gasteiger partial charge on any atom is -0.388 e. The molecule has 16 heavy (non-hydrogen) atoms. The molecule has 1 fully saturated rings. The van der Waals surface area contributed by atoms with Crippen LogP contribution in [0.25, 0.3) is 0 Å². The molecule has 1 aliphatic heterocycles. The molecule has 1 amide bonds. The lowest BCUT2D eigenvalue weighted by Gasteiger charge is -2.36. The van der Waals surface area contributed by atoms with E-state index in [1.54, 1.807) is 5.32 Å². The first kappa shape index (κ1) is 13.2. The molecule has 0 aromatic carbocycles. The number of carbonyl (C=O) groups excluding carboxylic acids is 1. The van der Waals surface area contributed by atoms with Crippen molar-refractivity contribution in [2.24, 2.45) is 0 Å². The van der Waals surface area contributed by atoms with Crippen molar-refractivity contribution < 1.29 is 32.9 Å². The first-order valence-electron chi connectivity index (χ1n) is 4.61. The lowest BCUT2D eigenvalue weighted by atomic mass is 9.99. The number of nitrogens with one attached hydrogen (secondary N) is 1. The van der Waals surface area contributed by atoms with Gasteiger partial charge >= 0.3 is 12.1 Å². The third-order valence-corrected chi connectivity index (χ3v) is 2.29. The molecule has 8 heteroatoms. The van der Waals surface area contributed by atoms with E-state index in [0.29, 0.717) is 0 Å². The summed E-state index contributed by atoms with van der Waals surface area (Å²) in [4.78, 5) is 10.6. The van der Waals surface area contributed by atoms with Gasteiger partial charge in [-0.3, -0.25) is 4.79 Å². The Balaban J connectivity index is 2.62. The van der Waals surface area contributed by atoms with Gasteiger partial charge in [0.1, 0.15) is 6.10 Å². The fourth-order valence-electron chi connectivity index (χ4n) is 1.46. The number of ether oxygens (including phenoxy) is 1. The molecule has 5 nitrogen and oxygen atoms in total. The Morgan fingerprint density at radius 3 is 2.50 bits per heavy atom. The summed E-state index contributed by atoms with van der Waals surface area (Å²) in [5.74, 6) is -2.14. The highest BCUT2D eigenvalue weighted by atomic mass is 19.4. The van der Waals surface area contributed by atoms with Gasteiger partial charge in [0.2, 0.25) is 0 Å². The van der Waals surface area contributed by atoms with Gasteiger partial charge in [-0.25, -0.2) is 0 Å². The predicted octanol–water partition coefficient (Wildman–Crippen LogP) is -0.478. The van der Waals surface area contributed by atoms with Crippen LogP contribution >= 0.6 is 0 Å². The maximum absolute atomic E-state index is 11.9. The molecule has 4 atom stereocenters. The van der Waals surface area contributed by atoms with Crippen molar-refractivity contribution in [1.29, 1.82) is 0 Å². The van der Waals surface area contributed by atoms with Gasteiger partial charge in [-0.15, -0.1) is 0 Å². The van der Waals surface area contributed by atoms with Crippen molar-refractivity contribution in [2.45, 2.75) is 44.1 Å². The maximum atomic E-state index is 11.9. The topological polar surface area (TPSA) is 78.8 Å². The molecule has 0 aliphatic carbocycles. The maximum Gasteiger partial charge on any atom is 0.471 e. The number of rotatable bonds is 1. The third kappa shape index (κ3) is 3.06. The largest absolute Gasteiger partial charge is 0.471 e. The molecule has 1 heterocycles. The van der Waals surface area contributed by atoms with Gasteiger partial charge < -0.3 is 20.3 Å². The van der Waals surface area contributed by atoms with Gasteiger partial charge in [0.25, 0.3) is 0 Å². The van der Waals surface area contributed by atoms with Gasteiger partial charge in [-0.05, 0) is 6.92 Å². The van der Waals surface area contributed by atoms with Gasteiger partial charge in [0.05, 0.1) is 12.1 Å². The van der Waals surface area contributed by atoms with Crippen LogP contribution in [0.5, 0.6) is 0 Å². The van der Waals surface area contributed by atoms with Gasteiger partial charge in [-0.2, -0.15) is 13.2 Å². The first-order chi connectivity index (χ1) is 7.21. The van der Waals surface area contributed by atoms with E-state index in [1.807, 2.05) is 0 Å². The normalized spacial score (nSPS) is 35.9. The molecule has 1 saturated heterocycles. The molecule has 3 N–H and O–H groups in total. The van der Waals surface area contributed by atoms with E-state index in [9.17, 15) is 23.1 Å². The molecule has 0 saturated carbocycles. The fourth-order valence-corrected chi connectivity index (χ4v) is 1.46. The average Bonchev–Trinajstić information content (AvgIpc) is 2.11. The summed E-state index contributed by atoms with van der Waals surface area (Å²) in [7, 11) is 0. The smallest absolute Gasteiger partial charge is 0.388 e. The molecular weight excluding hydrogens is 231 g/mol. The Morgan fingerprint density at radius 1 is 1.44 bits per heavy atom. The van der Waals surface area contributed by atoms with E-state index >= 15 is 0 Å². The van der Waals surface area contributed by atoms with Crippen LogP contribution in [0.2, 0.25) is 0 Å². The zero-order chi connectivity index (χ0) is 12.5. The lowest BCUT2D eigenvalue weighted by molar-refractivity contribution is -0.207. The quantitative estimate of drug-likeness (QED) is 0.581. The molecule has 0 radical (unpaired) electrons. The molecule has 0 bridgehead atoms. The zero-order valence-corrected chi connectivity index (χ0v) is 8.36. The van der Waals surface area contributed by atoms with Crippen molar-refractivity contribution in [3.63, 3.8) is 0 Å². The number of aliphatic hydroxyl groups is 2. The molecule has 0 aromatic heterocycles. The second-order valence-corrected chi connectivity index (χ2v) is 3.60. The van der Waals surface area contributed by atoms with Crippen molar-refractivity contribution in [3.05, 3.63) is 0 Å². The standard InChI is InChI=1S/C8H12F3NO4/c1-3-6(14)4(2-5(13)16-3)12-7(15)8(9,10)11/h3-6,13-14H,2H2,1H3,(H,12,15)/t3-,4-,5-,6+/m0/s1. The predicted molar refractivity (Wildman–Crippen MR) is 45.2 cm³/mol. The summed E-state index contributed by atoms with van der Waals surface area (Å²) in [5.41, 5.74) is 0. The Hall–Kier alpha value is -0.860. The van der Waals surface area contributed by atoms with Crippen molar-refractivity contribution in [3.8, 4) is 0 Å². The second-order valence-electron chi connectivity index (χ2n) is 3.60. The van der Waals surface area contributed by atoms with E-state index < -0.39 is 36.6 Å². The SMILES string of the molecule is C[C@@H]1O[C@H](O)C[C@H](NC(=O)C(F)(F)F)[C@@H]1O. The summed E-state index contributed by atoms with van der Waals surface area (Å²) in [6, 6.07) is -1.17. The van der Waals surface area contributed by atoms with Crippen LogP contribution < -0.4 is 5.32 Å². The number of alkyl halides is 3. The number of halogens is 3. The molecule has 0 spiro atoms. The number of aliphatic hydroxyl groups excluding tert-OH is 2. The summed E-state index contributed by atoms with van der Waals surface area (Å²) in [5, 5.41) is 20.2. The Bertz CT molecular complexity index is 270. The third-order valence-electron chi connectivity index (χ3n) is 2.29. The minimum atomic E-state index is -5.01. The highest BCUT2D eigenvalue weighted by molar-refractivity contribution is 5.82. The van der Waals surface area contributed by atoms with Crippen molar-refractivity contribution in [2.75, 3.05) is 0 Å². The van der Waals surface area contributed by atoms with Crippen molar-refractivity contribution >= 4 is 5.91 Å². The molecule has 0 aromatic rings. The molecular formula is C8H12F3NO4. The lowest BCUT2D eigenvalue weighted by Crippen LogP contribution is -2.56. The molecule has 94 valence electrons. The van der Waals surface area contributed by atoms with E-state index in [1.165, 1.54) is 6.92 Å².